The Hall–Kier alpha value is -2.01. The molecule has 5 nitrogen and oxygen atoms in total. The van der Waals surface area contributed by atoms with Gasteiger partial charge in [-0.2, -0.15) is 5.11 Å². The van der Waals surface area contributed by atoms with Gasteiger partial charge in [-0.05, 0) is 5.56 Å². The molecule has 2 aromatic rings. The Bertz CT molecular complexity index is 469. The third-order valence-electron chi connectivity index (χ3n) is 2.66. The Morgan fingerprint density at radius 2 is 2.12 bits per heavy atom. The van der Waals surface area contributed by atoms with Crippen molar-refractivity contribution in [3.05, 3.63) is 54.6 Å². The van der Waals surface area contributed by atoms with Crippen LogP contribution in [0.15, 0.2) is 54.2 Å². The molecule has 1 aromatic heterocycles. The van der Waals surface area contributed by atoms with Gasteiger partial charge in [0.15, 0.2) is 0 Å². The Labute approximate surface area is 99.3 Å². The molecular formula is C12H14N4O. The van der Waals surface area contributed by atoms with E-state index in [1.54, 1.807) is 23.3 Å². The third-order valence-corrected chi connectivity index (χ3v) is 2.66. The van der Waals surface area contributed by atoms with Gasteiger partial charge in [0.1, 0.15) is 5.60 Å². The molecule has 0 spiro atoms. The highest BCUT2D eigenvalue weighted by molar-refractivity contribution is 5.22. The van der Waals surface area contributed by atoms with Gasteiger partial charge in [0, 0.05) is 12.4 Å². The number of aliphatic hydroxyl groups is 1. The van der Waals surface area contributed by atoms with Crippen LogP contribution < -0.4 is 0 Å². The second kappa shape index (κ2) is 4.88. The lowest BCUT2D eigenvalue weighted by Crippen LogP contribution is -2.34. The maximum Gasteiger partial charge on any atom is 0.129 e. The molecule has 0 amide bonds. The van der Waals surface area contributed by atoms with Gasteiger partial charge in [-0.3, -0.25) is 0 Å². The van der Waals surface area contributed by atoms with Gasteiger partial charge in [-0.1, -0.05) is 30.3 Å². The largest absolute Gasteiger partial charge is 0.381 e. The van der Waals surface area contributed by atoms with Crippen LogP contribution in [0.25, 0.3) is 0 Å². The molecule has 0 aliphatic carbocycles. The SMILES string of the molecule is N=NCC(O)(Cn1ccnc1)c1ccccc1. The van der Waals surface area contributed by atoms with Gasteiger partial charge < -0.3 is 9.67 Å². The molecule has 0 aliphatic heterocycles. The lowest BCUT2D eigenvalue weighted by molar-refractivity contribution is 0.0260. The van der Waals surface area contributed by atoms with Crippen molar-refractivity contribution in [3.63, 3.8) is 0 Å². The highest BCUT2D eigenvalue weighted by Crippen LogP contribution is 2.23. The maximum atomic E-state index is 10.6. The fourth-order valence-electron chi connectivity index (χ4n) is 1.79. The summed E-state index contributed by atoms with van der Waals surface area (Å²) in [6.07, 6.45) is 5.07. The smallest absolute Gasteiger partial charge is 0.129 e. The first kappa shape index (κ1) is 11.5. The van der Waals surface area contributed by atoms with Gasteiger partial charge in [0.05, 0.1) is 19.4 Å². The number of rotatable bonds is 5. The molecule has 1 unspecified atom stereocenters. The van der Waals surface area contributed by atoms with Crippen LogP contribution >= 0.6 is 0 Å². The van der Waals surface area contributed by atoms with Crippen LogP contribution in [0.1, 0.15) is 5.56 Å². The second-order valence-electron chi connectivity index (χ2n) is 3.95. The zero-order valence-corrected chi connectivity index (χ0v) is 9.32. The summed E-state index contributed by atoms with van der Waals surface area (Å²) in [6, 6.07) is 9.28. The molecule has 17 heavy (non-hydrogen) atoms. The number of nitrogens with one attached hydrogen (secondary N) is 1. The predicted octanol–water partition coefficient (Wildman–Crippen LogP) is 1.80. The van der Waals surface area contributed by atoms with E-state index in [4.69, 9.17) is 5.53 Å². The summed E-state index contributed by atoms with van der Waals surface area (Å²) in [7, 11) is 0. The van der Waals surface area contributed by atoms with Crippen molar-refractivity contribution in [3.8, 4) is 0 Å². The number of hydrogen-bond donors (Lipinski definition) is 2. The second-order valence-corrected chi connectivity index (χ2v) is 3.95. The van der Waals surface area contributed by atoms with Crippen LogP contribution in [-0.2, 0) is 12.1 Å². The summed E-state index contributed by atoms with van der Waals surface area (Å²) in [5, 5.41) is 13.9. The monoisotopic (exact) mass is 230 g/mol. The van der Waals surface area contributed by atoms with Crippen LogP contribution in [-0.4, -0.2) is 21.2 Å². The highest BCUT2D eigenvalue weighted by atomic mass is 16.3. The van der Waals surface area contributed by atoms with E-state index in [1.807, 2.05) is 30.3 Å². The number of imidazole rings is 1. The van der Waals surface area contributed by atoms with Crippen LogP contribution in [0.5, 0.6) is 0 Å². The molecule has 88 valence electrons. The summed E-state index contributed by atoms with van der Waals surface area (Å²) >= 11 is 0. The van der Waals surface area contributed by atoms with Crippen molar-refractivity contribution in [2.75, 3.05) is 6.54 Å². The molecule has 2 N–H and O–H groups in total. The first-order valence-corrected chi connectivity index (χ1v) is 5.31. The lowest BCUT2D eigenvalue weighted by Gasteiger charge is -2.26. The Balaban J connectivity index is 2.29. The molecule has 0 aliphatic rings. The minimum Gasteiger partial charge on any atom is -0.381 e. The first-order chi connectivity index (χ1) is 8.24. The van der Waals surface area contributed by atoms with Gasteiger partial charge >= 0.3 is 0 Å². The molecule has 1 atom stereocenters. The van der Waals surface area contributed by atoms with Crippen molar-refractivity contribution < 1.29 is 5.11 Å². The zero-order valence-electron chi connectivity index (χ0n) is 9.32. The molecule has 2 rings (SSSR count). The molecule has 5 heteroatoms. The van der Waals surface area contributed by atoms with Crippen molar-refractivity contribution in [2.24, 2.45) is 5.11 Å². The average Bonchev–Trinajstić information content (AvgIpc) is 2.83. The Morgan fingerprint density at radius 3 is 2.71 bits per heavy atom. The normalized spacial score (nSPS) is 14.2. The molecule has 0 radical (unpaired) electrons. The van der Waals surface area contributed by atoms with E-state index in [-0.39, 0.29) is 6.54 Å². The van der Waals surface area contributed by atoms with E-state index >= 15 is 0 Å². The molecule has 0 fully saturated rings. The minimum atomic E-state index is -1.16. The third kappa shape index (κ3) is 2.57. The summed E-state index contributed by atoms with van der Waals surface area (Å²) in [5.74, 6) is 0. The summed E-state index contributed by atoms with van der Waals surface area (Å²) in [4.78, 5) is 3.93. The fourth-order valence-corrected chi connectivity index (χ4v) is 1.79. The Kier molecular flexibility index (Phi) is 3.30. The van der Waals surface area contributed by atoms with E-state index in [9.17, 15) is 5.11 Å². The molecule has 0 saturated heterocycles. The fraction of sp³-hybridized carbons (Fsp3) is 0.250. The van der Waals surface area contributed by atoms with Crippen molar-refractivity contribution in [2.45, 2.75) is 12.1 Å². The molecule has 1 aromatic carbocycles. The van der Waals surface area contributed by atoms with Gasteiger partial charge in [0.2, 0.25) is 0 Å². The van der Waals surface area contributed by atoms with Gasteiger partial charge in [0.25, 0.3) is 0 Å². The van der Waals surface area contributed by atoms with Crippen LogP contribution in [0.3, 0.4) is 0 Å². The molecule has 1 heterocycles. The first-order valence-electron chi connectivity index (χ1n) is 5.31. The summed E-state index contributed by atoms with van der Waals surface area (Å²) in [6.45, 7) is 0.370. The number of hydrogen-bond acceptors (Lipinski definition) is 4. The van der Waals surface area contributed by atoms with E-state index in [0.29, 0.717) is 6.54 Å². The van der Waals surface area contributed by atoms with Crippen molar-refractivity contribution in [1.29, 1.82) is 5.53 Å². The standard InChI is InChI=1S/C12H14N4O/c13-15-8-12(17,9-16-7-6-14-10-16)11-4-2-1-3-5-11/h1-7,10,13,17H,8-9H2. The maximum absolute atomic E-state index is 10.6. The summed E-state index contributed by atoms with van der Waals surface area (Å²) in [5.41, 5.74) is 6.57. The summed E-state index contributed by atoms with van der Waals surface area (Å²) < 4.78 is 1.78. The van der Waals surface area contributed by atoms with Crippen molar-refractivity contribution >= 4 is 0 Å². The number of benzene rings is 1. The average molecular weight is 230 g/mol. The minimum absolute atomic E-state index is 0.0369. The van der Waals surface area contributed by atoms with Crippen LogP contribution in [0.4, 0.5) is 0 Å². The van der Waals surface area contributed by atoms with E-state index in [0.717, 1.165) is 5.56 Å². The Morgan fingerprint density at radius 1 is 1.35 bits per heavy atom. The molecule has 0 bridgehead atoms. The topological polar surface area (TPSA) is 74.3 Å². The molecule has 0 saturated carbocycles. The molecular weight excluding hydrogens is 216 g/mol. The van der Waals surface area contributed by atoms with E-state index in [1.165, 1.54) is 0 Å². The zero-order chi connectivity index (χ0) is 12.1. The van der Waals surface area contributed by atoms with Crippen LogP contribution in [0, 0.1) is 5.53 Å². The van der Waals surface area contributed by atoms with Crippen molar-refractivity contribution in [1.82, 2.24) is 9.55 Å². The highest BCUT2D eigenvalue weighted by Gasteiger charge is 2.29. The quantitative estimate of drug-likeness (QED) is 0.768. The number of aromatic nitrogens is 2. The van der Waals surface area contributed by atoms with Crippen LogP contribution in [0.2, 0.25) is 0 Å². The van der Waals surface area contributed by atoms with Gasteiger partial charge in [-0.15, -0.1) is 0 Å². The van der Waals surface area contributed by atoms with E-state index < -0.39 is 5.60 Å². The van der Waals surface area contributed by atoms with E-state index in [2.05, 4.69) is 10.1 Å². The number of nitrogens with zero attached hydrogens (tertiary/aromatic N) is 3. The predicted molar refractivity (Wildman–Crippen MR) is 62.6 cm³/mol. The lowest BCUT2D eigenvalue weighted by atomic mass is 9.94. The van der Waals surface area contributed by atoms with Gasteiger partial charge in [-0.25, -0.2) is 10.5 Å².